The third-order valence-electron chi connectivity index (χ3n) is 5.55. The molecule has 0 saturated carbocycles. The first-order chi connectivity index (χ1) is 13.4. The van der Waals surface area contributed by atoms with E-state index in [0.717, 1.165) is 12.8 Å². The fourth-order valence-corrected chi connectivity index (χ4v) is 4.04. The quantitative estimate of drug-likeness (QED) is 0.617. The van der Waals surface area contributed by atoms with Crippen molar-refractivity contribution in [2.24, 2.45) is 11.8 Å². The van der Waals surface area contributed by atoms with Gasteiger partial charge in [-0.2, -0.15) is 0 Å². The lowest BCUT2D eigenvalue weighted by Crippen LogP contribution is -2.48. The van der Waals surface area contributed by atoms with Gasteiger partial charge in [0.25, 0.3) is 11.9 Å². The lowest BCUT2D eigenvalue weighted by atomic mass is 9.96. The molecule has 0 radical (unpaired) electrons. The second-order valence-electron chi connectivity index (χ2n) is 7.02. The van der Waals surface area contributed by atoms with Gasteiger partial charge in [0.15, 0.2) is 0 Å². The summed E-state index contributed by atoms with van der Waals surface area (Å²) in [5.41, 5.74) is 0. The zero-order valence-corrected chi connectivity index (χ0v) is 16.6. The zero-order chi connectivity index (χ0) is 20.4. The van der Waals surface area contributed by atoms with Crippen molar-refractivity contribution in [2.75, 3.05) is 41.7 Å². The Kier molecular flexibility index (Phi) is 6.58. The van der Waals surface area contributed by atoms with Crippen LogP contribution < -0.4 is 0 Å². The van der Waals surface area contributed by atoms with Crippen LogP contribution >= 0.6 is 0 Å². The van der Waals surface area contributed by atoms with E-state index < -0.39 is 23.8 Å². The van der Waals surface area contributed by atoms with E-state index in [9.17, 15) is 9.59 Å². The molecule has 4 heterocycles. The van der Waals surface area contributed by atoms with Gasteiger partial charge in [-0.05, 0) is 25.7 Å². The summed E-state index contributed by atoms with van der Waals surface area (Å²) in [6, 6.07) is 0. The van der Waals surface area contributed by atoms with Crippen LogP contribution in [0, 0.1) is 11.8 Å². The molecule has 0 aromatic heterocycles. The topological polar surface area (TPSA) is 108 Å². The molecule has 4 bridgehead atoms. The molecule has 0 N–H and O–H groups in total. The predicted octanol–water partition coefficient (Wildman–Crippen LogP) is 0.570. The number of fused-ring (bicyclic) bond motifs is 4. The summed E-state index contributed by atoms with van der Waals surface area (Å²) in [4.78, 5) is 22.9. The van der Waals surface area contributed by atoms with Gasteiger partial charge in [-0.15, -0.1) is 0 Å². The fraction of sp³-hybridized carbons (Fsp3) is 0.889. The highest BCUT2D eigenvalue weighted by atomic mass is 16.9. The number of ether oxygens (including phenoxy) is 8. The molecule has 0 spiro atoms. The summed E-state index contributed by atoms with van der Waals surface area (Å²) >= 11 is 0. The van der Waals surface area contributed by atoms with E-state index in [0.29, 0.717) is 26.1 Å². The molecule has 4 saturated heterocycles. The van der Waals surface area contributed by atoms with Gasteiger partial charge in [0.2, 0.25) is 0 Å². The van der Waals surface area contributed by atoms with Crippen molar-refractivity contribution in [1.82, 2.24) is 0 Å². The predicted molar refractivity (Wildman–Crippen MR) is 90.6 cm³/mol. The van der Waals surface area contributed by atoms with E-state index in [1.165, 1.54) is 28.4 Å². The lowest BCUT2D eigenvalue weighted by molar-refractivity contribution is -0.360. The molecule has 0 unspecified atom stereocenters. The van der Waals surface area contributed by atoms with Gasteiger partial charge < -0.3 is 37.9 Å². The van der Waals surface area contributed by atoms with Crippen molar-refractivity contribution in [3.8, 4) is 0 Å². The third kappa shape index (κ3) is 3.77. The minimum Gasteiger partial charge on any atom is -0.469 e. The maximum Gasteiger partial charge on any atom is 0.316 e. The first-order valence-electron chi connectivity index (χ1n) is 9.33. The standard InChI is InChI=1S/2C9H14O5/c2*1-11-8(10)7-4-3-6-5-13-9(7,12-2)14-6/h2*6-7H,3-5H2,1-2H3/t2*6-,7+,9-/m00/s1. The molecule has 160 valence electrons. The van der Waals surface area contributed by atoms with Crippen LogP contribution in [0.4, 0.5) is 0 Å². The highest BCUT2D eigenvalue weighted by molar-refractivity contribution is 5.73. The van der Waals surface area contributed by atoms with Crippen LogP contribution in [0.3, 0.4) is 0 Å². The maximum absolute atomic E-state index is 11.5. The minimum absolute atomic E-state index is 0.0517. The summed E-state index contributed by atoms with van der Waals surface area (Å²) in [6.45, 7) is 0.975. The van der Waals surface area contributed by atoms with Crippen LogP contribution in [0.2, 0.25) is 0 Å². The molecule has 0 aromatic carbocycles. The molecule has 0 amide bonds. The van der Waals surface area contributed by atoms with Gasteiger partial charge in [0, 0.05) is 14.2 Å². The summed E-state index contributed by atoms with van der Waals surface area (Å²) in [7, 11) is 5.66. The van der Waals surface area contributed by atoms with Crippen molar-refractivity contribution >= 4 is 11.9 Å². The minimum atomic E-state index is -1.20. The number of esters is 2. The smallest absolute Gasteiger partial charge is 0.316 e. The molecule has 10 heteroatoms. The Morgan fingerprint density at radius 2 is 1.11 bits per heavy atom. The SMILES string of the molecule is COC(=O)[C@H]1CC[C@H]2CO[C@]1(OC)O2.COC(=O)[C@H]1CC[C@H]2CO[C@]1(OC)O2. The maximum atomic E-state index is 11.5. The number of carbonyl (C=O) groups is 2. The molecule has 0 aromatic rings. The summed E-state index contributed by atoms with van der Waals surface area (Å²) < 4.78 is 41.6. The molecular formula is C18H28O10. The number of methoxy groups -OCH3 is 4. The van der Waals surface area contributed by atoms with Crippen LogP contribution in [-0.2, 0) is 47.5 Å². The molecule has 4 aliphatic rings. The van der Waals surface area contributed by atoms with Crippen molar-refractivity contribution in [3.63, 3.8) is 0 Å². The van der Waals surface area contributed by atoms with Gasteiger partial charge in [0.1, 0.15) is 11.8 Å². The van der Waals surface area contributed by atoms with Gasteiger partial charge >= 0.3 is 11.9 Å². The first-order valence-corrected chi connectivity index (χ1v) is 9.33. The van der Waals surface area contributed by atoms with E-state index in [1.807, 2.05) is 0 Å². The molecule has 4 rings (SSSR count). The highest BCUT2D eigenvalue weighted by Crippen LogP contribution is 2.42. The molecule has 6 atom stereocenters. The molecule has 4 aliphatic heterocycles. The van der Waals surface area contributed by atoms with Crippen LogP contribution in [0.5, 0.6) is 0 Å². The van der Waals surface area contributed by atoms with Gasteiger partial charge in [-0.3, -0.25) is 9.59 Å². The number of hydrogen-bond acceptors (Lipinski definition) is 10. The zero-order valence-electron chi connectivity index (χ0n) is 16.6. The van der Waals surface area contributed by atoms with Gasteiger partial charge in [-0.25, -0.2) is 0 Å². The Balaban J connectivity index is 0.000000161. The number of hydrogen-bond donors (Lipinski definition) is 0. The van der Waals surface area contributed by atoms with Crippen molar-refractivity contribution in [2.45, 2.75) is 49.8 Å². The molecule has 10 nitrogen and oxygen atoms in total. The van der Waals surface area contributed by atoms with E-state index in [4.69, 9.17) is 28.4 Å². The Labute approximate surface area is 163 Å². The van der Waals surface area contributed by atoms with Crippen LogP contribution in [0.15, 0.2) is 0 Å². The highest BCUT2D eigenvalue weighted by Gasteiger charge is 2.57. The van der Waals surface area contributed by atoms with Crippen LogP contribution in [-0.4, -0.2) is 77.7 Å². The molecule has 4 fully saturated rings. The second kappa shape index (κ2) is 8.60. The third-order valence-corrected chi connectivity index (χ3v) is 5.55. The van der Waals surface area contributed by atoms with Crippen molar-refractivity contribution < 1.29 is 47.5 Å². The molecular weight excluding hydrogens is 376 g/mol. The Hall–Kier alpha value is -1.30. The number of rotatable bonds is 4. The Morgan fingerprint density at radius 3 is 1.43 bits per heavy atom. The summed E-state index contributed by atoms with van der Waals surface area (Å²) in [6.07, 6.45) is 3.10. The van der Waals surface area contributed by atoms with Crippen molar-refractivity contribution in [3.05, 3.63) is 0 Å². The van der Waals surface area contributed by atoms with E-state index in [1.54, 1.807) is 0 Å². The van der Waals surface area contributed by atoms with E-state index >= 15 is 0 Å². The van der Waals surface area contributed by atoms with Crippen LogP contribution in [0.1, 0.15) is 25.7 Å². The average molecular weight is 404 g/mol. The summed E-state index contributed by atoms with van der Waals surface area (Å²) in [5.74, 6) is -4.03. The fourth-order valence-electron chi connectivity index (χ4n) is 4.04. The van der Waals surface area contributed by atoms with E-state index in [2.05, 4.69) is 9.47 Å². The van der Waals surface area contributed by atoms with Gasteiger partial charge in [0.05, 0.1) is 39.6 Å². The second-order valence-corrected chi connectivity index (χ2v) is 7.02. The largest absolute Gasteiger partial charge is 0.469 e. The monoisotopic (exact) mass is 404 g/mol. The average Bonchev–Trinajstić information content (AvgIpc) is 3.26. The van der Waals surface area contributed by atoms with Crippen LogP contribution in [0.25, 0.3) is 0 Å². The Bertz CT molecular complexity index is 533. The van der Waals surface area contributed by atoms with Crippen molar-refractivity contribution in [1.29, 1.82) is 0 Å². The molecule has 28 heavy (non-hydrogen) atoms. The molecule has 0 aliphatic carbocycles. The van der Waals surface area contributed by atoms with E-state index in [-0.39, 0.29) is 24.1 Å². The van der Waals surface area contributed by atoms with Gasteiger partial charge in [-0.1, -0.05) is 0 Å². The summed E-state index contributed by atoms with van der Waals surface area (Å²) in [5, 5.41) is 0. The first kappa shape index (κ1) is 21.4. The normalized spacial score (nSPS) is 41.0. The lowest BCUT2D eigenvalue weighted by Gasteiger charge is -2.35. The Morgan fingerprint density at radius 1 is 0.714 bits per heavy atom. The number of carbonyl (C=O) groups excluding carboxylic acids is 2.